The molecule has 144 valence electrons. The van der Waals surface area contributed by atoms with E-state index in [4.69, 9.17) is 10.7 Å². The molecule has 1 aliphatic heterocycles. The Kier molecular flexibility index (Phi) is 4.40. The van der Waals surface area contributed by atoms with Crippen LogP contribution in [0.25, 0.3) is 22.2 Å². The SMILES string of the molecule is Nc1ccc(-c2ccc3ncc(N4CCN(c5cnccn5)CC4)nc3c2)cc1. The van der Waals surface area contributed by atoms with Crippen molar-refractivity contribution in [2.24, 2.45) is 0 Å². The van der Waals surface area contributed by atoms with E-state index in [0.29, 0.717) is 0 Å². The van der Waals surface area contributed by atoms with Crippen LogP contribution in [0.3, 0.4) is 0 Å². The van der Waals surface area contributed by atoms with Crippen LogP contribution >= 0.6 is 0 Å². The predicted molar refractivity (Wildman–Crippen MR) is 116 cm³/mol. The molecule has 1 fully saturated rings. The van der Waals surface area contributed by atoms with E-state index in [2.05, 4.69) is 36.9 Å². The van der Waals surface area contributed by atoms with Crippen LogP contribution in [0.1, 0.15) is 0 Å². The number of nitrogen functional groups attached to an aromatic ring is 1. The minimum absolute atomic E-state index is 0.761. The van der Waals surface area contributed by atoms with Gasteiger partial charge in [-0.1, -0.05) is 18.2 Å². The number of nitrogens with zero attached hydrogens (tertiary/aromatic N) is 6. The van der Waals surface area contributed by atoms with Gasteiger partial charge in [-0.2, -0.15) is 0 Å². The Labute approximate surface area is 168 Å². The van der Waals surface area contributed by atoms with Crippen molar-refractivity contribution >= 4 is 28.4 Å². The highest BCUT2D eigenvalue weighted by Crippen LogP contribution is 2.25. The summed E-state index contributed by atoms with van der Waals surface area (Å²) in [5, 5.41) is 0. The molecule has 0 aliphatic carbocycles. The van der Waals surface area contributed by atoms with Gasteiger partial charge in [0.15, 0.2) is 0 Å². The second-order valence-electron chi connectivity index (χ2n) is 7.09. The first-order valence-electron chi connectivity index (χ1n) is 9.65. The molecule has 0 radical (unpaired) electrons. The van der Waals surface area contributed by atoms with Crippen molar-refractivity contribution in [2.75, 3.05) is 41.7 Å². The molecule has 5 rings (SSSR count). The van der Waals surface area contributed by atoms with Crippen molar-refractivity contribution in [3.05, 3.63) is 67.3 Å². The van der Waals surface area contributed by atoms with Gasteiger partial charge in [0.25, 0.3) is 0 Å². The Bertz CT molecular complexity index is 1120. The van der Waals surface area contributed by atoms with Crippen molar-refractivity contribution in [3.63, 3.8) is 0 Å². The third-order valence-corrected chi connectivity index (χ3v) is 5.25. The van der Waals surface area contributed by atoms with E-state index in [1.807, 2.05) is 42.7 Å². The number of hydrogen-bond acceptors (Lipinski definition) is 7. The second kappa shape index (κ2) is 7.35. The molecule has 4 aromatic rings. The smallest absolute Gasteiger partial charge is 0.147 e. The predicted octanol–water partition coefficient (Wildman–Crippen LogP) is 3.00. The molecule has 0 saturated carbocycles. The highest BCUT2D eigenvalue weighted by molar-refractivity contribution is 5.82. The highest BCUT2D eigenvalue weighted by atomic mass is 15.3. The summed E-state index contributed by atoms with van der Waals surface area (Å²) in [6.07, 6.45) is 7.10. The summed E-state index contributed by atoms with van der Waals surface area (Å²) in [5.41, 5.74) is 10.6. The maximum absolute atomic E-state index is 5.81. The average Bonchev–Trinajstić information content (AvgIpc) is 2.79. The standard InChI is InChI=1S/C22H21N7/c23-18-4-1-16(2-5-18)17-3-6-19-20(13-17)27-22(15-26-19)29-11-9-28(10-12-29)21-14-24-7-8-25-21/h1-8,13-15H,9-12,23H2. The van der Waals surface area contributed by atoms with Crippen LogP contribution in [-0.2, 0) is 0 Å². The Morgan fingerprint density at radius 2 is 1.41 bits per heavy atom. The molecule has 29 heavy (non-hydrogen) atoms. The maximum Gasteiger partial charge on any atom is 0.147 e. The summed E-state index contributed by atoms with van der Waals surface area (Å²) in [6, 6.07) is 14.1. The first-order chi connectivity index (χ1) is 14.3. The molecule has 1 saturated heterocycles. The summed E-state index contributed by atoms with van der Waals surface area (Å²) in [4.78, 5) is 22.6. The fourth-order valence-corrected chi connectivity index (χ4v) is 3.63. The van der Waals surface area contributed by atoms with Crippen LogP contribution < -0.4 is 15.5 Å². The van der Waals surface area contributed by atoms with Gasteiger partial charge in [0.05, 0.1) is 23.4 Å². The largest absolute Gasteiger partial charge is 0.399 e. The Balaban J connectivity index is 1.37. The van der Waals surface area contributed by atoms with E-state index in [1.165, 1.54) is 0 Å². The topological polar surface area (TPSA) is 84.1 Å². The van der Waals surface area contributed by atoms with E-state index in [-0.39, 0.29) is 0 Å². The van der Waals surface area contributed by atoms with Crippen LogP contribution in [0.4, 0.5) is 17.3 Å². The monoisotopic (exact) mass is 383 g/mol. The van der Waals surface area contributed by atoms with E-state index in [0.717, 1.165) is 65.7 Å². The molecular weight excluding hydrogens is 362 g/mol. The normalized spacial score (nSPS) is 14.3. The molecule has 7 heteroatoms. The lowest BCUT2D eigenvalue weighted by molar-refractivity contribution is 0.640. The van der Waals surface area contributed by atoms with Crippen LogP contribution in [0.5, 0.6) is 0 Å². The van der Waals surface area contributed by atoms with Crippen molar-refractivity contribution in [1.29, 1.82) is 0 Å². The maximum atomic E-state index is 5.81. The van der Waals surface area contributed by atoms with Crippen LogP contribution in [0.15, 0.2) is 67.3 Å². The summed E-state index contributed by atoms with van der Waals surface area (Å²) in [5.74, 6) is 1.83. The Morgan fingerprint density at radius 3 is 2.14 bits per heavy atom. The van der Waals surface area contributed by atoms with Crippen molar-refractivity contribution in [2.45, 2.75) is 0 Å². The van der Waals surface area contributed by atoms with Crippen molar-refractivity contribution in [1.82, 2.24) is 19.9 Å². The van der Waals surface area contributed by atoms with Gasteiger partial charge in [-0.15, -0.1) is 0 Å². The van der Waals surface area contributed by atoms with Gasteiger partial charge >= 0.3 is 0 Å². The van der Waals surface area contributed by atoms with Crippen molar-refractivity contribution < 1.29 is 0 Å². The molecule has 7 nitrogen and oxygen atoms in total. The molecule has 2 aromatic carbocycles. The zero-order valence-corrected chi connectivity index (χ0v) is 15.9. The van der Waals surface area contributed by atoms with Gasteiger partial charge in [-0.3, -0.25) is 9.97 Å². The van der Waals surface area contributed by atoms with Crippen molar-refractivity contribution in [3.8, 4) is 11.1 Å². The Morgan fingerprint density at radius 1 is 0.690 bits per heavy atom. The number of hydrogen-bond donors (Lipinski definition) is 1. The van der Waals surface area contributed by atoms with E-state index in [9.17, 15) is 0 Å². The molecule has 0 amide bonds. The summed E-state index contributed by atoms with van der Waals surface area (Å²) in [6.45, 7) is 3.50. The van der Waals surface area contributed by atoms with E-state index >= 15 is 0 Å². The molecule has 0 spiro atoms. The molecular formula is C22H21N7. The van der Waals surface area contributed by atoms with Gasteiger partial charge < -0.3 is 15.5 Å². The lowest BCUT2D eigenvalue weighted by Gasteiger charge is -2.35. The number of aromatic nitrogens is 4. The quantitative estimate of drug-likeness (QED) is 0.545. The molecule has 2 aromatic heterocycles. The number of rotatable bonds is 3. The fourth-order valence-electron chi connectivity index (χ4n) is 3.63. The van der Waals surface area contributed by atoms with Crippen LogP contribution in [-0.4, -0.2) is 46.1 Å². The van der Waals surface area contributed by atoms with E-state index < -0.39 is 0 Å². The Hall–Kier alpha value is -3.74. The molecule has 0 unspecified atom stereocenters. The number of nitrogens with two attached hydrogens (primary N) is 1. The summed E-state index contributed by atoms with van der Waals surface area (Å²) >= 11 is 0. The number of anilines is 3. The highest BCUT2D eigenvalue weighted by Gasteiger charge is 2.19. The first kappa shape index (κ1) is 17.4. The van der Waals surface area contributed by atoms with Gasteiger partial charge in [-0.05, 0) is 35.4 Å². The zero-order chi connectivity index (χ0) is 19.6. The lowest BCUT2D eigenvalue weighted by Crippen LogP contribution is -2.47. The van der Waals surface area contributed by atoms with Gasteiger partial charge in [0, 0.05) is 44.3 Å². The van der Waals surface area contributed by atoms with Gasteiger partial charge in [-0.25, -0.2) is 9.97 Å². The molecule has 0 bridgehead atoms. The van der Waals surface area contributed by atoms with Crippen LogP contribution in [0, 0.1) is 0 Å². The van der Waals surface area contributed by atoms with E-state index in [1.54, 1.807) is 12.4 Å². The number of fused-ring (bicyclic) bond motifs is 1. The molecule has 3 heterocycles. The minimum Gasteiger partial charge on any atom is -0.399 e. The zero-order valence-electron chi connectivity index (χ0n) is 15.9. The third-order valence-electron chi connectivity index (χ3n) is 5.25. The number of piperazine rings is 1. The molecule has 2 N–H and O–H groups in total. The lowest BCUT2D eigenvalue weighted by atomic mass is 10.0. The fraction of sp³-hybridized carbons (Fsp3) is 0.182. The summed E-state index contributed by atoms with van der Waals surface area (Å²) in [7, 11) is 0. The average molecular weight is 383 g/mol. The number of benzene rings is 2. The first-order valence-corrected chi connectivity index (χ1v) is 9.65. The third kappa shape index (κ3) is 3.54. The molecule has 0 atom stereocenters. The second-order valence-corrected chi connectivity index (χ2v) is 7.09. The van der Waals surface area contributed by atoms with Gasteiger partial charge in [0.1, 0.15) is 11.6 Å². The summed E-state index contributed by atoms with van der Waals surface area (Å²) < 4.78 is 0. The molecule has 1 aliphatic rings. The van der Waals surface area contributed by atoms with Crippen LogP contribution in [0.2, 0.25) is 0 Å². The van der Waals surface area contributed by atoms with Gasteiger partial charge in [0.2, 0.25) is 0 Å². The minimum atomic E-state index is 0.761.